The smallest absolute Gasteiger partial charge is 0.209 e. The molecule has 0 aliphatic carbocycles. The Morgan fingerprint density at radius 2 is 2.00 bits per heavy atom. The summed E-state index contributed by atoms with van der Waals surface area (Å²) >= 11 is 0. The first-order valence-corrected chi connectivity index (χ1v) is 7.17. The summed E-state index contributed by atoms with van der Waals surface area (Å²) in [4.78, 5) is 0. The van der Waals surface area contributed by atoms with Gasteiger partial charge in [0, 0.05) is 13.2 Å². The molecule has 0 aromatic carbocycles. The van der Waals surface area contributed by atoms with Crippen molar-refractivity contribution < 1.29 is 13.2 Å². The van der Waals surface area contributed by atoms with Gasteiger partial charge in [-0.15, -0.1) is 0 Å². The standard InChI is InChI=1S/C10H24N2O3S/c1-9(8-10(2,3)15-4)12-6-5-7-16(11,13)14/h9,12H,5-8H2,1-4H3,(H2,11,13,14). The lowest BCUT2D eigenvalue weighted by molar-refractivity contribution is 0.00863. The number of primary sulfonamides is 1. The lowest BCUT2D eigenvalue weighted by atomic mass is 10.00. The molecule has 1 atom stereocenters. The maximum atomic E-state index is 10.7. The van der Waals surface area contributed by atoms with Crippen molar-refractivity contribution in [1.82, 2.24) is 5.32 Å². The van der Waals surface area contributed by atoms with Gasteiger partial charge < -0.3 is 10.1 Å². The lowest BCUT2D eigenvalue weighted by Crippen LogP contribution is -2.36. The van der Waals surface area contributed by atoms with E-state index in [4.69, 9.17) is 9.88 Å². The Labute approximate surface area is 98.8 Å². The van der Waals surface area contributed by atoms with E-state index in [0.717, 1.165) is 6.42 Å². The molecule has 6 heteroatoms. The molecular formula is C10H24N2O3S. The van der Waals surface area contributed by atoms with E-state index < -0.39 is 10.0 Å². The van der Waals surface area contributed by atoms with Gasteiger partial charge in [-0.3, -0.25) is 0 Å². The molecule has 0 aromatic rings. The Bertz CT molecular complexity index is 288. The van der Waals surface area contributed by atoms with Gasteiger partial charge in [0.15, 0.2) is 0 Å². The number of methoxy groups -OCH3 is 1. The molecule has 0 saturated carbocycles. The molecule has 3 N–H and O–H groups in total. The first-order chi connectivity index (χ1) is 7.16. The van der Waals surface area contributed by atoms with E-state index >= 15 is 0 Å². The molecule has 0 heterocycles. The zero-order chi connectivity index (χ0) is 12.8. The molecule has 0 bridgehead atoms. The van der Waals surface area contributed by atoms with E-state index in [1.807, 2.05) is 13.8 Å². The van der Waals surface area contributed by atoms with Crippen molar-refractivity contribution in [3.63, 3.8) is 0 Å². The maximum Gasteiger partial charge on any atom is 0.209 e. The van der Waals surface area contributed by atoms with Crippen LogP contribution in [0, 0.1) is 0 Å². The highest BCUT2D eigenvalue weighted by Gasteiger charge is 2.19. The van der Waals surface area contributed by atoms with Crippen LogP contribution in [0.15, 0.2) is 0 Å². The van der Waals surface area contributed by atoms with Crippen LogP contribution in [0.5, 0.6) is 0 Å². The fourth-order valence-corrected chi connectivity index (χ4v) is 2.06. The average Bonchev–Trinajstić information content (AvgIpc) is 2.10. The van der Waals surface area contributed by atoms with Gasteiger partial charge in [0.05, 0.1) is 11.4 Å². The number of sulfonamides is 1. The molecule has 0 radical (unpaired) electrons. The third-order valence-electron chi connectivity index (χ3n) is 2.45. The van der Waals surface area contributed by atoms with Crippen LogP contribution >= 0.6 is 0 Å². The van der Waals surface area contributed by atoms with Gasteiger partial charge in [0.2, 0.25) is 10.0 Å². The Morgan fingerprint density at radius 1 is 1.44 bits per heavy atom. The highest BCUT2D eigenvalue weighted by molar-refractivity contribution is 7.89. The van der Waals surface area contributed by atoms with E-state index in [1.54, 1.807) is 7.11 Å². The van der Waals surface area contributed by atoms with Crippen LogP contribution in [0.1, 0.15) is 33.6 Å². The molecule has 5 nitrogen and oxygen atoms in total. The molecule has 0 spiro atoms. The zero-order valence-corrected chi connectivity index (χ0v) is 11.4. The van der Waals surface area contributed by atoms with E-state index in [-0.39, 0.29) is 17.4 Å². The molecule has 16 heavy (non-hydrogen) atoms. The second-order valence-electron chi connectivity index (χ2n) is 4.74. The average molecular weight is 252 g/mol. The van der Waals surface area contributed by atoms with Crippen LogP contribution in [0.4, 0.5) is 0 Å². The van der Waals surface area contributed by atoms with Gasteiger partial charge in [-0.1, -0.05) is 0 Å². The predicted octanol–water partition coefficient (Wildman–Crippen LogP) is 0.458. The Morgan fingerprint density at radius 3 is 2.44 bits per heavy atom. The number of hydrogen-bond donors (Lipinski definition) is 2. The Hall–Kier alpha value is -0.170. The van der Waals surface area contributed by atoms with Crippen LogP contribution in [0.2, 0.25) is 0 Å². The minimum atomic E-state index is -3.33. The number of nitrogens with two attached hydrogens (primary N) is 1. The van der Waals surface area contributed by atoms with Gasteiger partial charge in [-0.05, 0) is 40.2 Å². The molecule has 0 rings (SSSR count). The van der Waals surface area contributed by atoms with E-state index in [0.29, 0.717) is 13.0 Å². The van der Waals surface area contributed by atoms with Crippen molar-refractivity contribution in [3.8, 4) is 0 Å². The van der Waals surface area contributed by atoms with Gasteiger partial charge in [0.25, 0.3) is 0 Å². The van der Waals surface area contributed by atoms with E-state index in [9.17, 15) is 8.42 Å². The highest BCUT2D eigenvalue weighted by atomic mass is 32.2. The first kappa shape index (κ1) is 15.8. The molecule has 98 valence electrons. The van der Waals surface area contributed by atoms with Crippen LogP contribution in [-0.2, 0) is 14.8 Å². The van der Waals surface area contributed by atoms with E-state index in [2.05, 4.69) is 12.2 Å². The topological polar surface area (TPSA) is 81.4 Å². The monoisotopic (exact) mass is 252 g/mol. The van der Waals surface area contributed by atoms with Crippen molar-refractivity contribution in [2.75, 3.05) is 19.4 Å². The molecule has 0 amide bonds. The summed E-state index contributed by atoms with van der Waals surface area (Å²) < 4.78 is 26.7. The molecule has 0 aliphatic heterocycles. The second kappa shape index (κ2) is 6.54. The second-order valence-corrected chi connectivity index (χ2v) is 6.48. The summed E-state index contributed by atoms with van der Waals surface area (Å²) in [5.41, 5.74) is -0.160. The van der Waals surface area contributed by atoms with Gasteiger partial charge in [0.1, 0.15) is 0 Å². The van der Waals surface area contributed by atoms with Crippen molar-refractivity contribution in [2.45, 2.75) is 45.3 Å². The molecule has 0 saturated heterocycles. The predicted molar refractivity (Wildman–Crippen MR) is 65.8 cm³/mol. The third kappa shape index (κ3) is 9.08. The van der Waals surface area contributed by atoms with Gasteiger partial charge >= 0.3 is 0 Å². The molecule has 0 aromatic heterocycles. The minimum Gasteiger partial charge on any atom is -0.379 e. The minimum absolute atomic E-state index is 0.0282. The SMILES string of the molecule is COC(C)(C)CC(C)NCCCS(N)(=O)=O. The molecule has 0 aliphatic rings. The normalized spacial score (nSPS) is 15.1. The van der Waals surface area contributed by atoms with Crippen molar-refractivity contribution in [3.05, 3.63) is 0 Å². The van der Waals surface area contributed by atoms with Gasteiger partial charge in [-0.25, -0.2) is 13.6 Å². The number of nitrogens with one attached hydrogen (secondary N) is 1. The van der Waals surface area contributed by atoms with Crippen LogP contribution < -0.4 is 10.5 Å². The quantitative estimate of drug-likeness (QED) is 0.615. The van der Waals surface area contributed by atoms with Crippen LogP contribution in [-0.4, -0.2) is 39.5 Å². The summed E-state index contributed by atoms with van der Waals surface area (Å²) in [5.74, 6) is 0.0282. The summed E-state index contributed by atoms with van der Waals surface area (Å²) in [7, 11) is -1.64. The zero-order valence-electron chi connectivity index (χ0n) is 10.6. The summed E-state index contributed by atoms with van der Waals surface area (Å²) in [5, 5.41) is 8.15. The van der Waals surface area contributed by atoms with Gasteiger partial charge in [-0.2, -0.15) is 0 Å². The summed E-state index contributed by atoms with van der Waals surface area (Å²) in [6.07, 6.45) is 1.41. The number of ether oxygens (including phenoxy) is 1. The summed E-state index contributed by atoms with van der Waals surface area (Å²) in [6.45, 7) is 6.75. The molecule has 0 fully saturated rings. The maximum absolute atomic E-state index is 10.7. The van der Waals surface area contributed by atoms with E-state index in [1.165, 1.54) is 0 Å². The van der Waals surface area contributed by atoms with Crippen molar-refractivity contribution in [1.29, 1.82) is 0 Å². The highest BCUT2D eigenvalue weighted by Crippen LogP contribution is 2.15. The lowest BCUT2D eigenvalue weighted by Gasteiger charge is -2.27. The van der Waals surface area contributed by atoms with Crippen LogP contribution in [0.3, 0.4) is 0 Å². The number of hydrogen-bond acceptors (Lipinski definition) is 4. The van der Waals surface area contributed by atoms with Crippen molar-refractivity contribution in [2.24, 2.45) is 5.14 Å². The van der Waals surface area contributed by atoms with Crippen LogP contribution in [0.25, 0.3) is 0 Å². The molecular weight excluding hydrogens is 228 g/mol. The van der Waals surface area contributed by atoms with Crippen molar-refractivity contribution >= 4 is 10.0 Å². The number of rotatable bonds is 8. The largest absolute Gasteiger partial charge is 0.379 e. The Balaban J connectivity index is 3.71. The Kier molecular flexibility index (Phi) is 6.47. The fourth-order valence-electron chi connectivity index (χ4n) is 1.51. The molecule has 1 unspecified atom stereocenters. The summed E-state index contributed by atoms with van der Waals surface area (Å²) in [6, 6.07) is 0.287. The first-order valence-electron chi connectivity index (χ1n) is 5.45. The fraction of sp³-hybridized carbons (Fsp3) is 1.00. The third-order valence-corrected chi connectivity index (χ3v) is 3.31.